The third-order valence-corrected chi connectivity index (χ3v) is 7.17. The quantitative estimate of drug-likeness (QED) is 0.112. The summed E-state index contributed by atoms with van der Waals surface area (Å²) in [4.78, 5) is 22.7. The van der Waals surface area contributed by atoms with Crippen LogP contribution in [0, 0.1) is 12.3 Å². The maximum atomic E-state index is 12.7. The predicted octanol–water partition coefficient (Wildman–Crippen LogP) is 4.82. The number of hydrogen-bond acceptors (Lipinski definition) is 11. The summed E-state index contributed by atoms with van der Waals surface area (Å²) in [6.45, 7) is 3.81. The second-order valence-electron chi connectivity index (χ2n) is 10.3. The second kappa shape index (κ2) is 21.4. The van der Waals surface area contributed by atoms with Crippen molar-refractivity contribution in [1.29, 1.82) is 0 Å². The number of benzene rings is 1. The summed E-state index contributed by atoms with van der Waals surface area (Å²) in [7, 11) is -4.41. The van der Waals surface area contributed by atoms with E-state index in [9.17, 15) is 14.3 Å². The van der Waals surface area contributed by atoms with Gasteiger partial charge in [0.25, 0.3) is 0 Å². The van der Waals surface area contributed by atoms with Crippen LogP contribution in [0.5, 0.6) is 0 Å². The maximum absolute atomic E-state index is 12.7. The molecule has 0 fully saturated rings. The Morgan fingerprint density at radius 2 is 1.43 bits per heavy atom. The Labute approximate surface area is 265 Å². The number of carbonyl (C=O) groups excluding carboxylic acids is 1. The van der Waals surface area contributed by atoms with Crippen molar-refractivity contribution in [2.45, 2.75) is 79.1 Å². The molecule has 1 heterocycles. The van der Waals surface area contributed by atoms with E-state index >= 15 is 0 Å². The summed E-state index contributed by atoms with van der Waals surface area (Å²) in [5, 5.41) is 18.7. The Kier molecular flexibility index (Phi) is 16.0. The van der Waals surface area contributed by atoms with Gasteiger partial charge < -0.3 is 24.4 Å². The van der Waals surface area contributed by atoms with E-state index in [-0.39, 0.29) is 59.6 Å². The lowest BCUT2D eigenvalue weighted by atomic mass is 9.92. The topological polar surface area (TPSA) is 164 Å². The number of nitrogens with zero attached hydrogens (tertiary/aromatic N) is 4. The lowest BCUT2D eigenvalue weighted by molar-refractivity contribution is -0.121. The molecule has 44 heavy (non-hydrogen) atoms. The monoisotopic (exact) mass is 642 g/mol. The SMILES string of the molecule is [2H]CCCOCC(COCCC[2H])(COCCC[2H])COP(=O)(O)OCCCCCC(=O)NCc1ccc(-c2nnc(C)nn2)cc1. The summed E-state index contributed by atoms with van der Waals surface area (Å²) in [5.41, 5.74) is 0.776. The number of hydrogen-bond donors (Lipinski definition) is 2. The highest BCUT2D eigenvalue weighted by molar-refractivity contribution is 7.47. The van der Waals surface area contributed by atoms with Crippen LogP contribution in [-0.4, -0.2) is 84.1 Å². The summed E-state index contributed by atoms with van der Waals surface area (Å²) in [6, 6.07) is 7.44. The highest BCUT2D eigenvalue weighted by atomic mass is 31.2. The van der Waals surface area contributed by atoms with Gasteiger partial charge in [0.15, 0.2) is 5.82 Å². The Bertz CT molecular complexity index is 1140. The molecule has 1 aromatic carbocycles. The van der Waals surface area contributed by atoms with E-state index in [0.29, 0.717) is 83.0 Å². The molecule has 1 atom stereocenters. The van der Waals surface area contributed by atoms with E-state index < -0.39 is 13.2 Å². The Hall–Kier alpha value is -2.38. The Morgan fingerprint density at radius 1 is 0.841 bits per heavy atom. The highest BCUT2D eigenvalue weighted by Gasteiger charge is 2.36. The van der Waals surface area contributed by atoms with Crippen LogP contribution in [0.15, 0.2) is 24.3 Å². The van der Waals surface area contributed by atoms with Crippen molar-refractivity contribution in [3.05, 3.63) is 35.7 Å². The van der Waals surface area contributed by atoms with Gasteiger partial charge in [-0.15, -0.1) is 20.4 Å². The standard InChI is InChI=1S/C30H50N5O8P/c1-5-16-39-21-30(22-40-17-6-2,23-41-18-7-3)24-43-44(37,38)42-19-10-8-9-11-28(36)31-20-26-12-14-27(15-13-26)29-34-32-25(4)33-35-29/h12-15H,5-11,16-24H2,1-4H3,(H,31,36)(H,37,38)/i1D,2D,3D. The predicted molar refractivity (Wildman–Crippen MR) is 166 cm³/mol. The van der Waals surface area contributed by atoms with Gasteiger partial charge >= 0.3 is 7.82 Å². The van der Waals surface area contributed by atoms with Crippen molar-refractivity contribution < 1.29 is 41.6 Å². The first-order chi connectivity index (χ1) is 22.7. The third-order valence-electron chi connectivity index (χ3n) is 6.21. The minimum absolute atomic E-state index is 0.0233. The van der Waals surface area contributed by atoms with Gasteiger partial charge in [0.05, 0.1) is 38.4 Å². The van der Waals surface area contributed by atoms with Crippen LogP contribution in [0.1, 0.15) is 81.1 Å². The molecule has 2 rings (SSSR count). The minimum atomic E-state index is -4.41. The first kappa shape index (κ1) is 33.0. The highest BCUT2D eigenvalue weighted by Crippen LogP contribution is 2.45. The second-order valence-corrected chi connectivity index (χ2v) is 11.8. The maximum Gasteiger partial charge on any atom is 0.472 e. The Balaban J connectivity index is 1.73. The molecule has 1 aromatic heterocycles. The smallest absolute Gasteiger partial charge is 0.381 e. The number of amides is 1. The number of aryl methyl sites for hydroxylation is 1. The number of carbonyl (C=O) groups is 1. The lowest BCUT2D eigenvalue weighted by Gasteiger charge is -2.33. The summed E-state index contributed by atoms with van der Waals surface area (Å²) < 4.78 is 62.5. The fourth-order valence-electron chi connectivity index (χ4n) is 3.88. The average molecular weight is 643 g/mol. The minimum Gasteiger partial charge on any atom is -0.381 e. The number of ether oxygens (including phenoxy) is 3. The van der Waals surface area contributed by atoms with Gasteiger partial charge in [-0.05, 0) is 44.6 Å². The van der Waals surface area contributed by atoms with Crippen molar-refractivity contribution in [2.75, 3.05) is 52.9 Å². The van der Waals surface area contributed by atoms with Crippen LogP contribution in [0.4, 0.5) is 0 Å². The first-order valence-electron chi connectivity index (χ1n) is 17.0. The van der Waals surface area contributed by atoms with E-state index in [1.165, 1.54) is 0 Å². The number of unbranched alkanes of at least 4 members (excludes halogenated alkanes) is 2. The van der Waals surface area contributed by atoms with Crippen molar-refractivity contribution in [3.63, 3.8) is 0 Å². The molecule has 0 aliphatic heterocycles. The average Bonchev–Trinajstić information content (AvgIpc) is 3.07. The van der Waals surface area contributed by atoms with Gasteiger partial charge in [-0.3, -0.25) is 13.8 Å². The lowest BCUT2D eigenvalue weighted by Crippen LogP contribution is -2.41. The summed E-state index contributed by atoms with van der Waals surface area (Å²) in [5.74, 6) is 0.823. The van der Waals surface area contributed by atoms with E-state index in [0.717, 1.165) is 11.1 Å². The number of rotatable bonds is 25. The van der Waals surface area contributed by atoms with Crippen molar-refractivity contribution in [3.8, 4) is 11.4 Å². The van der Waals surface area contributed by atoms with Crippen LogP contribution in [0.25, 0.3) is 11.4 Å². The van der Waals surface area contributed by atoms with Crippen LogP contribution < -0.4 is 5.32 Å². The number of phosphoric ester groups is 1. The van der Waals surface area contributed by atoms with Gasteiger partial charge in [0.1, 0.15) is 0 Å². The molecule has 0 bridgehead atoms. The van der Waals surface area contributed by atoms with E-state index in [1.54, 1.807) is 6.92 Å². The third kappa shape index (κ3) is 15.6. The summed E-state index contributed by atoms with van der Waals surface area (Å²) >= 11 is 0. The fraction of sp³-hybridized carbons (Fsp3) is 0.700. The molecule has 13 nitrogen and oxygen atoms in total. The largest absolute Gasteiger partial charge is 0.472 e. The first-order valence-corrected chi connectivity index (χ1v) is 16.3. The van der Waals surface area contributed by atoms with Crippen LogP contribution >= 0.6 is 7.82 Å². The van der Waals surface area contributed by atoms with E-state index in [1.807, 2.05) is 24.3 Å². The molecule has 1 amide bonds. The van der Waals surface area contributed by atoms with E-state index in [2.05, 4.69) is 25.7 Å². The molecule has 248 valence electrons. The van der Waals surface area contributed by atoms with Gasteiger partial charge in [0, 0.05) is 42.5 Å². The van der Waals surface area contributed by atoms with Crippen LogP contribution in [-0.2, 0) is 39.2 Å². The number of nitrogens with one attached hydrogen (secondary N) is 1. The molecule has 0 radical (unpaired) electrons. The fourth-order valence-corrected chi connectivity index (χ4v) is 4.75. The molecular formula is C30H50N5O8P. The van der Waals surface area contributed by atoms with Gasteiger partial charge in [0.2, 0.25) is 11.7 Å². The Morgan fingerprint density at radius 3 is 2.00 bits per heavy atom. The zero-order valence-electron chi connectivity index (χ0n) is 28.8. The molecule has 0 aliphatic carbocycles. The number of aromatic nitrogens is 4. The number of phosphoric acid groups is 1. The molecular weight excluding hydrogens is 589 g/mol. The van der Waals surface area contributed by atoms with Crippen LogP contribution in [0.3, 0.4) is 0 Å². The molecule has 0 saturated heterocycles. The van der Waals surface area contributed by atoms with Gasteiger partial charge in [-0.25, -0.2) is 4.57 Å². The van der Waals surface area contributed by atoms with E-state index in [4.69, 9.17) is 27.4 Å². The molecule has 2 N–H and O–H groups in total. The van der Waals surface area contributed by atoms with Crippen molar-refractivity contribution in [1.82, 2.24) is 25.7 Å². The zero-order chi connectivity index (χ0) is 34.2. The van der Waals surface area contributed by atoms with Gasteiger partial charge in [-0.2, -0.15) is 0 Å². The molecule has 0 saturated carbocycles. The molecule has 14 heteroatoms. The molecule has 0 aliphatic rings. The molecule has 1 unspecified atom stereocenters. The zero-order valence-corrected chi connectivity index (χ0v) is 26.7. The molecule has 0 spiro atoms. The normalized spacial score (nSPS) is 14.0. The van der Waals surface area contributed by atoms with Crippen molar-refractivity contribution >= 4 is 13.7 Å². The molecule has 2 aromatic rings. The van der Waals surface area contributed by atoms with Gasteiger partial charge in [-0.1, -0.05) is 51.4 Å². The van der Waals surface area contributed by atoms with Crippen LogP contribution in [0.2, 0.25) is 0 Å². The van der Waals surface area contributed by atoms with Crippen molar-refractivity contribution in [2.24, 2.45) is 5.41 Å². The summed E-state index contributed by atoms with van der Waals surface area (Å²) in [6.07, 6.45) is 3.57.